The summed E-state index contributed by atoms with van der Waals surface area (Å²) < 4.78 is 5.20. The van der Waals surface area contributed by atoms with E-state index in [4.69, 9.17) is 15.6 Å². The average molecular weight is 195 g/mol. The molecule has 0 saturated heterocycles. The molecule has 14 heavy (non-hydrogen) atoms. The van der Waals surface area contributed by atoms with E-state index in [1.165, 1.54) is 0 Å². The highest BCUT2D eigenvalue weighted by molar-refractivity contribution is 5.37. The second-order valence-corrected chi connectivity index (χ2v) is 3.35. The van der Waals surface area contributed by atoms with Gasteiger partial charge >= 0.3 is 0 Å². The third-order valence-corrected chi connectivity index (χ3v) is 2.30. The van der Waals surface area contributed by atoms with Gasteiger partial charge in [-0.05, 0) is 30.5 Å². The fourth-order valence-electron chi connectivity index (χ4n) is 1.37. The van der Waals surface area contributed by atoms with Crippen molar-refractivity contribution in [1.29, 1.82) is 0 Å². The topological polar surface area (TPSA) is 55.5 Å². The molecule has 0 aliphatic heterocycles. The van der Waals surface area contributed by atoms with Gasteiger partial charge in [0.2, 0.25) is 0 Å². The molecule has 0 aliphatic carbocycles. The van der Waals surface area contributed by atoms with Crippen LogP contribution >= 0.6 is 0 Å². The summed E-state index contributed by atoms with van der Waals surface area (Å²) >= 11 is 0. The standard InChI is InChI=1S/C11H17NO2/c1-8-3-4-9(7-11(8)14-2)10(12)5-6-13/h3-4,7,10,13H,5-6,12H2,1-2H3/t10-/m1/s1. The number of methoxy groups -OCH3 is 1. The van der Waals surface area contributed by atoms with Gasteiger partial charge in [-0.3, -0.25) is 0 Å². The molecule has 0 fully saturated rings. The Labute approximate surface area is 84.5 Å². The number of hydrogen-bond donors (Lipinski definition) is 2. The Balaban J connectivity index is 2.88. The number of aryl methyl sites for hydroxylation is 1. The van der Waals surface area contributed by atoms with E-state index in [-0.39, 0.29) is 12.6 Å². The first kappa shape index (κ1) is 11.0. The summed E-state index contributed by atoms with van der Waals surface area (Å²) in [5, 5.41) is 8.77. The number of hydrogen-bond acceptors (Lipinski definition) is 3. The van der Waals surface area contributed by atoms with E-state index in [0.29, 0.717) is 6.42 Å². The van der Waals surface area contributed by atoms with Gasteiger partial charge in [-0.2, -0.15) is 0 Å². The molecule has 78 valence electrons. The smallest absolute Gasteiger partial charge is 0.122 e. The molecule has 0 radical (unpaired) electrons. The molecule has 1 aromatic carbocycles. The molecule has 0 spiro atoms. The molecule has 0 heterocycles. The molecule has 0 amide bonds. The minimum absolute atomic E-state index is 0.108. The zero-order valence-electron chi connectivity index (χ0n) is 8.66. The molecule has 0 aliphatic rings. The monoisotopic (exact) mass is 195 g/mol. The van der Waals surface area contributed by atoms with Gasteiger partial charge < -0.3 is 15.6 Å². The van der Waals surface area contributed by atoms with Crippen LogP contribution in [-0.4, -0.2) is 18.8 Å². The maximum atomic E-state index is 8.77. The van der Waals surface area contributed by atoms with Gasteiger partial charge in [-0.25, -0.2) is 0 Å². The van der Waals surface area contributed by atoms with Crippen molar-refractivity contribution < 1.29 is 9.84 Å². The summed E-state index contributed by atoms with van der Waals surface area (Å²) in [6.07, 6.45) is 0.576. The minimum atomic E-state index is -0.116. The van der Waals surface area contributed by atoms with Gasteiger partial charge in [0.25, 0.3) is 0 Å². The quantitative estimate of drug-likeness (QED) is 0.763. The van der Waals surface area contributed by atoms with Gasteiger partial charge in [0.15, 0.2) is 0 Å². The highest BCUT2D eigenvalue weighted by Gasteiger charge is 2.07. The molecule has 1 aromatic rings. The Morgan fingerprint density at radius 1 is 1.50 bits per heavy atom. The predicted molar refractivity (Wildman–Crippen MR) is 56.4 cm³/mol. The zero-order valence-corrected chi connectivity index (χ0v) is 8.66. The lowest BCUT2D eigenvalue weighted by Gasteiger charge is -2.13. The van der Waals surface area contributed by atoms with Gasteiger partial charge in [-0.1, -0.05) is 12.1 Å². The summed E-state index contributed by atoms with van der Waals surface area (Å²) in [5.41, 5.74) is 7.96. The van der Waals surface area contributed by atoms with E-state index in [1.807, 2.05) is 25.1 Å². The van der Waals surface area contributed by atoms with Crippen LogP contribution in [0.15, 0.2) is 18.2 Å². The average Bonchev–Trinajstić information content (AvgIpc) is 2.19. The van der Waals surface area contributed by atoms with Gasteiger partial charge in [0.1, 0.15) is 5.75 Å². The third kappa shape index (κ3) is 2.47. The van der Waals surface area contributed by atoms with Crippen molar-refractivity contribution in [2.45, 2.75) is 19.4 Å². The Morgan fingerprint density at radius 3 is 2.79 bits per heavy atom. The van der Waals surface area contributed by atoms with Gasteiger partial charge in [0.05, 0.1) is 7.11 Å². The molecular formula is C11H17NO2. The molecule has 0 saturated carbocycles. The number of rotatable bonds is 4. The van der Waals surface area contributed by atoms with E-state index < -0.39 is 0 Å². The SMILES string of the molecule is COc1cc([C@H](N)CCO)ccc1C. The minimum Gasteiger partial charge on any atom is -0.496 e. The molecule has 1 rings (SSSR count). The Bertz CT molecular complexity index is 299. The van der Waals surface area contributed by atoms with Gasteiger partial charge in [-0.15, -0.1) is 0 Å². The Kier molecular flexibility index (Phi) is 3.92. The maximum Gasteiger partial charge on any atom is 0.122 e. The number of aliphatic hydroxyl groups is 1. The molecule has 3 N–H and O–H groups in total. The van der Waals surface area contributed by atoms with E-state index in [1.54, 1.807) is 7.11 Å². The van der Waals surface area contributed by atoms with Crippen LogP contribution in [0, 0.1) is 6.92 Å². The lowest BCUT2D eigenvalue weighted by atomic mass is 10.0. The van der Waals surface area contributed by atoms with Crippen LogP contribution in [0.2, 0.25) is 0 Å². The second kappa shape index (κ2) is 4.98. The van der Waals surface area contributed by atoms with Crippen molar-refractivity contribution in [3.63, 3.8) is 0 Å². The highest BCUT2D eigenvalue weighted by atomic mass is 16.5. The van der Waals surface area contributed by atoms with Crippen LogP contribution in [0.4, 0.5) is 0 Å². The number of nitrogens with two attached hydrogens (primary N) is 1. The molecule has 3 heteroatoms. The van der Waals surface area contributed by atoms with Crippen LogP contribution in [0.25, 0.3) is 0 Å². The summed E-state index contributed by atoms with van der Waals surface area (Å²) in [7, 11) is 1.64. The fraction of sp³-hybridized carbons (Fsp3) is 0.455. The molecule has 0 bridgehead atoms. The van der Waals surface area contributed by atoms with Crippen molar-refractivity contribution in [3.05, 3.63) is 29.3 Å². The van der Waals surface area contributed by atoms with E-state index >= 15 is 0 Å². The van der Waals surface area contributed by atoms with Crippen LogP contribution in [-0.2, 0) is 0 Å². The number of ether oxygens (including phenoxy) is 1. The first-order chi connectivity index (χ1) is 6.69. The van der Waals surface area contributed by atoms with E-state index in [0.717, 1.165) is 16.9 Å². The number of aliphatic hydroxyl groups excluding tert-OH is 1. The van der Waals surface area contributed by atoms with E-state index in [9.17, 15) is 0 Å². The van der Waals surface area contributed by atoms with Crippen molar-refractivity contribution in [2.24, 2.45) is 5.73 Å². The van der Waals surface area contributed by atoms with Crippen LogP contribution < -0.4 is 10.5 Å². The number of benzene rings is 1. The maximum absolute atomic E-state index is 8.77. The lowest BCUT2D eigenvalue weighted by molar-refractivity contribution is 0.276. The predicted octanol–water partition coefficient (Wildman–Crippen LogP) is 1.39. The molecular weight excluding hydrogens is 178 g/mol. The Hall–Kier alpha value is -1.06. The molecule has 3 nitrogen and oxygen atoms in total. The van der Waals surface area contributed by atoms with E-state index in [2.05, 4.69) is 0 Å². The van der Waals surface area contributed by atoms with Crippen molar-refractivity contribution in [1.82, 2.24) is 0 Å². The molecule has 0 aromatic heterocycles. The van der Waals surface area contributed by atoms with Crippen LogP contribution in [0.1, 0.15) is 23.6 Å². The highest BCUT2D eigenvalue weighted by Crippen LogP contribution is 2.23. The normalized spacial score (nSPS) is 12.6. The molecule has 1 atom stereocenters. The fourth-order valence-corrected chi connectivity index (χ4v) is 1.37. The van der Waals surface area contributed by atoms with Gasteiger partial charge in [0, 0.05) is 12.6 Å². The van der Waals surface area contributed by atoms with Crippen molar-refractivity contribution >= 4 is 0 Å². The van der Waals surface area contributed by atoms with Crippen LogP contribution in [0.5, 0.6) is 5.75 Å². The largest absolute Gasteiger partial charge is 0.496 e. The Morgan fingerprint density at radius 2 is 2.21 bits per heavy atom. The zero-order chi connectivity index (χ0) is 10.6. The first-order valence-corrected chi connectivity index (χ1v) is 4.70. The lowest BCUT2D eigenvalue weighted by Crippen LogP contribution is -2.12. The summed E-state index contributed by atoms with van der Waals surface area (Å²) in [5.74, 6) is 0.843. The van der Waals surface area contributed by atoms with Crippen molar-refractivity contribution in [3.8, 4) is 5.75 Å². The second-order valence-electron chi connectivity index (χ2n) is 3.35. The summed E-state index contributed by atoms with van der Waals surface area (Å²) in [6.45, 7) is 2.09. The molecule has 0 unspecified atom stereocenters. The summed E-state index contributed by atoms with van der Waals surface area (Å²) in [6, 6.07) is 5.76. The van der Waals surface area contributed by atoms with Crippen molar-refractivity contribution in [2.75, 3.05) is 13.7 Å². The van der Waals surface area contributed by atoms with Crippen LogP contribution in [0.3, 0.4) is 0 Å². The summed E-state index contributed by atoms with van der Waals surface area (Å²) in [4.78, 5) is 0. The third-order valence-electron chi connectivity index (χ3n) is 2.30. The first-order valence-electron chi connectivity index (χ1n) is 4.70.